The third-order valence-electron chi connectivity index (χ3n) is 5.11. The van der Waals surface area contributed by atoms with E-state index < -0.39 is 0 Å². The van der Waals surface area contributed by atoms with Crippen molar-refractivity contribution in [1.82, 2.24) is 15.1 Å². The van der Waals surface area contributed by atoms with E-state index in [1.807, 2.05) is 0 Å². The van der Waals surface area contributed by atoms with Gasteiger partial charge in [0.25, 0.3) is 0 Å². The molecule has 4 rings (SSSR count). The first-order valence-electron chi connectivity index (χ1n) is 8.66. The Morgan fingerprint density at radius 2 is 1.91 bits per heavy atom. The Morgan fingerprint density at radius 3 is 2.70 bits per heavy atom. The van der Waals surface area contributed by atoms with Gasteiger partial charge in [-0.05, 0) is 44.8 Å². The lowest BCUT2D eigenvalue weighted by molar-refractivity contribution is 0.257. The van der Waals surface area contributed by atoms with Gasteiger partial charge in [-0.2, -0.15) is 0 Å². The number of hydrogen-bond donors (Lipinski definition) is 0. The molecule has 0 saturated carbocycles. The van der Waals surface area contributed by atoms with Crippen LogP contribution in [-0.4, -0.2) is 46.8 Å². The number of rotatable bonds is 4. The summed E-state index contributed by atoms with van der Waals surface area (Å²) in [7, 11) is 0. The van der Waals surface area contributed by atoms with E-state index in [-0.39, 0.29) is 0 Å². The number of likely N-dealkylation sites (tertiary alicyclic amines) is 1. The lowest BCUT2D eigenvalue weighted by Crippen LogP contribution is -2.35. The van der Waals surface area contributed by atoms with Crippen LogP contribution in [-0.2, 0) is 6.42 Å². The molecule has 2 unspecified atom stereocenters. The first kappa shape index (κ1) is 15.1. The summed E-state index contributed by atoms with van der Waals surface area (Å²) in [5.41, 5.74) is 1.31. The highest BCUT2D eigenvalue weighted by Gasteiger charge is 2.35. The van der Waals surface area contributed by atoms with E-state index in [9.17, 15) is 0 Å². The van der Waals surface area contributed by atoms with Crippen LogP contribution in [0.25, 0.3) is 0 Å². The van der Waals surface area contributed by atoms with Crippen LogP contribution in [0.3, 0.4) is 0 Å². The fourth-order valence-corrected chi connectivity index (χ4v) is 4.83. The van der Waals surface area contributed by atoms with E-state index in [1.54, 1.807) is 11.3 Å². The van der Waals surface area contributed by atoms with Crippen LogP contribution in [0.1, 0.15) is 36.8 Å². The van der Waals surface area contributed by atoms with Crippen molar-refractivity contribution in [3.05, 3.63) is 40.9 Å². The number of nitrogens with zero attached hydrogens (tertiary/aromatic N) is 4. The second-order valence-electron chi connectivity index (χ2n) is 6.77. The lowest BCUT2D eigenvalue weighted by atomic mass is 10.2. The molecular formula is C18H24N4S. The largest absolute Gasteiger partial charge is 0.342 e. The van der Waals surface area contributed by atoms with Crippen molar-refractivity contribution in [1.29, 1.82) is 0 Å². The smallest absolute Gasteiger partial charge is 0.208 e. The number of benzene rings is 1. The Labute approximate surface area is 142 Å². The highest BCUT2D eigenvalue weighted by molar-refractivity contribution is 7.15. The first-order chi connectivity index (χ1) is 11.3. The molecule has 2 saturated heterocycles. The minimum atomic E-state index is 0.568. The number of anilines is 1. The summed E-state index contributed by atoms with van der Waals surface area (Å²) in [4.78, 5) is 5.14. The van der Waals surface area contributed by atoms with Gasteiger partial charge in [0.1, 0.15) is 5.01 Å². The Kier molecular flexibility index (Phi) is 4.31. The minimum absolute atomic E-state index is 0.568. The Morgan fingerprint density at radius 1 is 1.13 bits per heavy atom. The SMILES string of the molecule is CC1CC(N2CCCC2)CN1c1nnc(Cc2ccccc2)s1. The van der Waals surface area contributed by atoms with Gasteiger partial charge < -0.3 is 4.90 Å². The van der Waals surface area contributed by atoms with Crippen LogP contribution in [0, 0.1) is 0 Å². The summed E-state index contributed by atoms with van der Waals surface area (Å²) in [5, 5.41) is 11.1. The molecule has 0 bridgehead atoms. The standard InChI is InChI=1S/C18H24N4S/c1-14-11-16(21-9-5-6-10-21)13-22(14)18-20-19-17(23-18)12-15-7-3-2-4-8-15/h2-4,7-8,14,16H,5-6,9-13H2,1H3. The first-order valence-corrected chi connectivity index (χ1v) is 9.48. The molecule has 0 aliphatic carbocycles. The molecule has 2 aliphatic rings. The van der Waals surface area contributed by atoms with Gasteiger partial charge in [-0.3, -0.25) is 4.90 Å². The van der Waals surface area contributed by atoms with Crippen LogP contribution < -0.4 is 4.90 Å². The predicted octanol–water partition coefficient (Wildman–Crippen LogP) is 3.19. The second kappa shape index (κ2) is 6.57. The van der Waals surface area contributed by atoms with Gasteiger partial charge in [0.2, 0.25) is 5.13 Å². The van der Waals surface area contributed by atoms with Crippen molar-refractivity contribution in [2.75, 3.05) is 24.5 Å². The maximum absolute atomic E-state index is 4.48. The van der Waals surface area contributed by atoms with Gasteiger partial charge in [0.05, 0.1) is 0 Å². The summed E-state index contributed by atoms with van der Waals surface area (Å²) < 4.78 is 0. The summed E-state index contributed by atoms with van der Waals surface area (Å²) in [6.45, 7) is 6.00. The Bertz CT molecular complexity index is 635. The Balaban J connectivity index is 1.44. The molecule has 0 amide bonds. The van der Waals surface area contributed by atoms with Gasteiger partial charge in [0.15, 0.2) is 0 Å². The average molecular weight is 328 g/mol. The highest BCUT2D eigenvalue weighted by Crippen LogP contribution is 2.32. The quantitative estimate of drug-likeness (QED) is 0.863. The van der Waals surface area contributed by atoms with Gasteiger partial charge in [0, 0.05) is 25.0 Å². The fraction of sp³-hybridized carbons (Fsp3) is 0.556. The molecule has 2 aromatic rings. The van der Waals surface area contributed by atoms with E-state index in [2.05, 4.69) is 57.3 Å². The van der Waals surface area contributed by atoms with Crippen molar-refractivity contribution in [3.8, 4) is 0 Å². The minimum Gasteiger partial charge on any atom is -0.342 e. The molecule has 1 aromatic carbocycles. The van der Waals surface area contributed by atoms with Crippen molar-refractivity contribution in [3.63, 3.8) is 0 Å². The van der Waals surface area contributed by atoms with Crippen molar-refractivity contribution >= 4 is 16.5 Å². The monoisotopic (exact) mass is 328 g/mol. The van der Waals surface area contributed by atoms with Crippen molar-refractivity contribution in [2.45, 2.75) is 44.7 Å². The average Bonchev–Trinajstić information content (AvgIpc) is 3.28. The van der Waals surface area contributed by atoms with Gasteiger partial charge >= 0.3 is 0 Å². The summed E-state index contributed by atoms with van der Waals surface area (Å²) in [5.74, 6) is 0. The molecule has 122 valence electrons. The Hall–Kier alpha value is -1.46. The van der Waals surface area contributed by atoms with Crippen molar-refractivity contribution < 1.29 is 0 Å². The summed E-state index contributed by atoms with van der Waals surface area (Å²) in [6, 6.07) is 11.8. The fourth-order valence-electron chi connectivity index (χ4n) is 3.84. The number of aromatic nitrogens is 2. The second-order valence-corrected chi connectivity index (χ2v) is 7.82. The van der Waals surface area contributed by atoms with Crippen LogP contribution in [0.5, 0.6) is 0 Å². The third kappa shape index (κ3) is 3.26. The van der Waals surface area contributed by atoms with Crippen molar-refractivity contribution in [2.24, 2.45) is 0 Å². The van der Waals surface area contributed by atoms with E-state index >= 15 is 0 Å². The van der Waals surface area contributed by atoms with Crippen LogP contribution in [0.4, 0.5) is 5.13 Å². The van der Waals surface area contributed by atoms with Crippen LogP contribution in [0.15, 0.2) is 30.3 Å². The normalized spacial score (nSPS) is 25.3. The lowest BCUT2D eigenvalue weighted by Gasteiger charge is -2.23. The zero-order valence-corrected chi connectivity index (χ0v) is 14.5. The van der Waals surface area contributed by atoms with Gasteiger partial charge in [-0.25, -0.2) is 0 Å². The molecule has 4 nitrogen and oxygen atoms in total. The van der Waals surface area contributed by atoms with E-state index in [1.165, 1.54) is 37.9 Å². The molecule has 2 fully saturated rings. The van der Waals surface area contributed by atoms with Gasteiger partial charge in [-0.15, -0.1) is 10.2 Å². The molecule has 0 spiro atoms. The zero-order chi connectivity index (χ0) is 15.6. The third-order valence-corrected chi connectivity index (χ3v) is 6.07. The summed E-state index contributed by atoms with van der Waals surface area (Å²) in [6.07, 6.45) is 4.87. The van der Waals surface area contributed by atoms with Gasteiger partial charge in [-0.1, -0.05) is 41.7 Å². The highest BCUT2D eigenvalue weighted by atomic mass is 32.1. The zero-order valence-electron chi connectivity index (χ0n) is 13.7. The van der Waals surface area contributed by atoms with E-state index in [0.29, 0.717) is 12.1 Å². The van der Waals surface area contributed by atoms with E-state index in [0.717, 1.165) is 23.1 Å². The topological polar surface area (TPSA) is 32.3 Å². The number of hydrogen-bond acceptors (Lipinski definition) is 5. The molecular weight excluding hydrogens is 304 g/mol. The van der Waals surface area contributed by atoms with E-state index in [4.69, 9.17) is 0 Å². The maximum atomic E-state index is 4.48. The summed E-state index contributed by atoms with van der Waals surface area (Å²) >= 11 is 1.76. The predicted molar refractivity (Wildman–Crippen MR) is 95.2 cm³/mol. The molecule has 23 heavy (non-hydrogen) atoms. The molecule has 2 aliphatic heterocycles. The van der Waals surface area contributed by atoms with Crippen LogP contribution >= 0.6 is 11.3 Å². The van der Waals surface area contributed by atoms with Crippen LogP contribution in [0.2, 0.25) is 0 Å². The maximum Gasteiger partial charge on any atom is 0.208 e. The molecule has 0 N–H and O–H groups in total. The molecule has 3 heterocycles. The molecule has 1 aromatic heterocycles. The molecule has 5 heteroatoms. The molecule has 0 radical (unpaired) electrons. The molecule has 2 atom stereocenters.